The van der Waals surface area contributed by atoms with Crippen molar-refractivity contribution in [2.75, 3.05) is 30.4 Å². The number of hydrogen-bond donors (Lipinski definition) is 1. The van der Waals surface area contributed by atoms with Gasteiger partial charge in [0.05, 0.1) is 29.3 Å². The SMILES string of the molecule is COC(=O)C1CCCN(c2nc(-c3sc(NC(C)=O)nc3C)cs2)C1. The average Bonchev–Trinajstić information content (AvgIpc) is 3.20. The number of carbonyl (C=O) groups is 2. The summed E-state index contributed by atoms with van der Waals surface area (Å²) in [5, 5.41) is 6.19. The van der Waals surface area contributed by atoms with Crippen LogP contribution in [-0.4, -0.2) is 42.0 Å². The molecule has 0 saturated carbocycles. The lowest BCUT2D eigenvalue weighted by atomic mass is 9.99. The molecule has 25 heavy (non-hydrogen) atoms. The summed E-state index contributed by atoms with van der Waals surface area (Å²) in [6.45, 7) is 4.90. The number of carbonyl (C=O) groups excluding carboxylic acids is 2. The molecule has 7 nitrogen and oxygen atoms in total. The molecule has 9 heteroatoms. The van der Waals surface area contributed by atoms with Crippen molar-refractivity contribution in [1.29, 1.82) is 0 Å². The number of hydrogen-bond acceptors (Lipinski definition) is 8. The van der Waals surface area contributed by atoms with Crippen LogP contribution < -0.4 is 10.2 Å². The molecule has 1 atom stereocenters. The third-order valence-electron chi connectivity index (χ3n) is 4.03. The maximum absolute atomic E-state index is 11.8. The van der Waals surface area contributed by atoms with Crippen LogP contribution in [0.5, 0.6) is 0 Å². The number of nitrogens with one attached hydrogen (secondary N) is 1. The van der Waals surface area contributed by atoms with Crippen LogP contribution >= 0.6 is 22.7 Å². The van der Waals surface area contributed by atoms with E-state index in [-0.39, 0.29) is 17.8 Å². The standard InChI is InChI=1S/C16H20N4O3S2/c1-9-13(25-15(17-9)18-10(2)21)12-8-24-16(19-12)20-6-4-5-11(7-20)14(22)23-3/h8,11H,4-7H2,1-3H3,(H,17,18,21). The minimum Gasteiger partial charge on any atom is -0.469 e. The monoisotopic (exact) mass is 380 g/mol. The van der Waals surface area contributed by atoms with Gasteiger partial charge in [-0.05, 0) is 19.8 Å². The largest absolute Gasteiger partial charge is 0.469 e. The molecule has 3 heterocycles. The lowest BCUT2D eigenvalue weighted by Crippen LogP contribution is -2.39. The minimum atomic E-state index is -0.153. The van der Waals surface area contributed by atoms with Crippen molar-refractivity contribution in [2.24, 2.45) is 5.92 Å². The fraction of sp³-hybridized carbons (Fsp3) is 0.500. The van der Waals surface area contributed by atoms with E-state index in [0.29, 0.717) is 11.7 Å². The van der Waals surface area contributed by atoms with Gasteiger partial charge < -0.3 is 15.0 Å². The molecule has 0 bridgehead atoms. The number of piperidine rings is 1. The van der Waals surface area contributed by atoms with Crippen LogP contribution in [-0.2, 0) is 14.3 Å². The molecular formula is C16H20N4O3S2. The quantitative estimate of drug-likeness (QED) is 0.821. The maximum atomic E-state index is 11.8. The first-order valence-electron chi connectivity index (χ1n) is 8.01. The van der Waals surface area contributed by atoms with E-state index < -0.39 is 0 Å². The number of ether oxygens (including phenoxy) is 1. The summed E-state index contributed by atoms with van der Waals surface area (Å²) in [6.07, 6.45) is 1.80. The highest BCUT2D eigenvalue weighted by molar-refractivity contribution is 7.19. The van der Waals surface area contributed by atoms with Gasteiger partial charge in [-0.2, -0.15) is 0 Å². The minimum absolute atomic E-state index is 0.0948. The van der Waals surface area contributed by atoms with Gasteiger partial charge in [0.2, 0.25) is 5.91 Å². The van der Waals surface area contributed by atoms with Gasteiger partial charge >= 0.3 is 5.97 Å². The molecule has 0 radical (unpaired) electrons. The number of nitrogens with zero attached hydrogens (tertiary/aromatic N) is 3. The fourth-order valence-electron chi connectivity index (χ4n) is 2.86. The zero-order chi connectivity index (χ0) is 18.0. The molecule has 0 spiro atoms. The third kappa shape index (κ3) is 3.98. The molecule has 1 aliphatic rings. The number of esters is 1. The zero-order valence-corrected chi connectivity index (χ0v) is 16.0. The Bertz CT molecular complexity index is 786. The number of anilines is 2. The van der Waals surface area contributed by atoms with Gasteiger partial charge in [0.15, 0.2) is 10.3 Å². The summed E-state index contributed by atoms with van der Waals surface area (Å²) in [5.41, 5.74) is 1.70. The summed E-state index contributed by atoms with van der Waals surface area (Å²) in [4.78, 5) is 35.2. The van der Waals surface area contributed by atoms with Gasteiger partial charge in [-0.15, -0.1) is 11.3 Å². The normalized spacial score (nSPS) is 17.4. The van der Waals surface area contributed by atoms with Gasteiger partial charge in [0, 0.05) is 25.4 Å². The van der Waals surface area contributed by atoms with Gasteiger partial charge in [0.1, 0.15) is 0 Å². The molecule has 2 aromatic heterocycles. The van der Waals surface area contributed by atoms with Crippen molar-refractivity contribution in [3.05, 3.63) is 11.1 Å². The van der Waals surface area contributed by atoms with E-state index in [0.717, 1.165) is 40.8 Å². The van der Waals surface area contributed by atoms with Crippen molar-refractivity contribution in [3.63, 3.8) is 0 Å². The summed E-state index contributed by atoms with van der Waals surface area (Å²) in [7, 11) is 1.43. The molecule has 1 unspecified atom stereocenters. The summed E-state index contributed by atoms with van der Waals surface area (Å²) in [6, 6.07) is 0. The second-order valence-electron chi connectivity index (χ2n) is 5.94. The summed E-state index contributed by atoms with van der Waals surface area (Å²) >= 11 is 2.98. The number of rotatable bonds is 4. The topological polar surface area (TPSA) is 84.4 Å². The Labute approximate surface area is 154 Å². The van der Waals surface area contributed by atoms with Crippen LogP contribution in [0.3, 0.4) is 0 Å². The highest BCUT2D eigenvalue weighted by Crippen LogP contribution is 2.36. The Balaban J connectivity index is 1.77. The molecule has 1 N–H and O–H groups in total. The van der Waals surface area contributed by atoms with E-state index >= 15 is 0 Å². The van der Waals surface area contributed by atoms with E-state index in [9.17, 15) is 9.59 Å². The van der Waals surface area contributed by atoms with Crippen LogP contribution in [0.25, 0.3) is 10.6 Å². The van der Waals surface area contributed by atoms with E-state index in [1.165, 1.54) is 25.4 Å². The van der Waals surface area contributed by atoms with Crippen molar-refractivity contribution in [3.8, 4) is 10.6 Å². The van der Waals surface area contributed by atoms with Crippen molar-refractivity contribution >= 4 is 44.8 Å². The molecule has 1 amide bonds. The highest BCUT2D eigenvalue weighted by Gasteiger charge is 2.28. The Kier molecular flexibility index (Phi) is 5.33. The molecule has 1 aliphatic heterocycles. The second kappa shape index (κ2) is 7.49. The lowest BCUT2D eigenvalue weighted by molar-refractivity contribution is -0.145. The van der Waals surface area contributed by atoms with E-state index in [2.05, 4.69) is 15.2 Å². The van der Waals surface area contributed by atoms with Crippen LogP contribution in [0.2, 0.25) is 0 Å². The fourth-order valence-corrected chi connectivity index (χ4v) is 4.76. The average molecular weight is 380 g/mol. The third-order valence-corrected chi connectivity index (χ3v) is 6.03. The Hall–Kier alpha value is -2.00. The predicted molar refractivity (Wildman–Crippen MR) is 99.2 cm³/mol. The zero-order valence-electron chi connectivity index (χ0n) is 14.4. The molecular weight excluding hydrogens is 360 g/mol. The van der Waals surface area contributed by atoms with E-state index in [4.69, 9.17) is 9.72 Å². The van der Waals surface area contributed by atoms with Crippen LogP contribution in [0.1, 0.15) is 25.5 Å². The van der Waals surface area contributed by atoms with Gasteiger partial charge in [0.25, 0.3) is 0 Å². The van der Waals surface area contributed by atoms with Crippen molar-refractivity contribution in [1.82, 2.24) is 9.97 Å². The molecule has 0 aliphatic carbocycles. The molecule has 3 rings (SSSR count). The van der Waals surface area contributed by atoms with Crippen LogP contribution in [0, 0.1) is 12.8 Å². The van der Waals surface area contributed by atoms with Crippen LogP contribution in [0.4, 0.5) is 10.3 Å². The van der Waals surface area contributed by atoms with Crippen LogP contribution in [0.15, 0.2) is 5.38 Å². The number of thiazole rings is 2. The van der Waals surface area contributed by atoms with Crippen molar-refractivity contribution < 1.29 is 14.3 Å². The maximum Gasteiger partial charge on any atom is 0.310 e. The smallest absolute Gasteiger partial charge is 0.310 e. The Morgan fingerprint density at radius 3 is 2.92 bits per heavy atom. The lowest BCUT2D eigenvalue weighted by Gasteiger charge is -2.30. The molecule has 1 fully saturated rings. The second-order valence-corrected chi connectivity index (χ2v) is 7.77. The van der Waals surface area contributed by atoms with Gasteiger partial charge in [-0.1, -0.05) is 11.3 Å². The van der Waals surface area contributed by atoms with E-state index in [1.807, 2.05) is 12.3 Å². The molecule has 134 valence electrons. The Morgan fingerprint density at radius 1 is 1.40 bits per heavy atom. The first-order chi connectivity index (χ1) is 12.0. The van der Waals surface area contributed by atoms with Gasteiger partial charge in [-0.3, -0.25) is 9.59 Å². The summed E-state index contributed by atoms with van der Waals surface area (Å²) in [5.74, 6) is -0.385. The highest BCUT2D eigenvalue weighted by atomic mass is 32.1. The predicted octanol–water partition coefficient (Wildman–Crippen LogP) is 2.92. The molecule has 1 saturated heterocycles. The van der Waals surface area contributed by atoms with Crippen molar-refractivity contribution in [2.45, 2.75) is 26.7 Å². The number of aromatic nitrogens is 2. The number of amides is 1. The first-order valence-corrected chi connectivity index (χ1v) is 9.71. The van der Waals surface area contributed by atoms with E-state index in [1.54, 1.807) is 11.3 Å². The molecule has 2 aromatic rings. The van der Waals surface area contributed by atoms with Gasteiger partial charge in [-0.25, -0.2) is 9.97 Å². The number of aryl methyl sites for hydroxylation is 1. The molecule has 0 aromatic carbocycles. The summed E-state index contributed by atoms with van der Waals surface area (Å²) < 4.78 is 4.87. The first kappa shape index (κ1) is 17.8. The number of methoxy groups -OCH3 is 1. The Morgan fingerprint density at radius 2 is 2.20 bits per heavy atom.